The van der Waals surface area contributed by atoms with Gasteiger partial charge in [0.25, 0.3) is 20.2 Å². The van der Waals surface area contributed by atoms with Gasteiger partial charge in [-0.1, -0.05) is 25.5 Å². The lowest BCUT2D eigenvalue weighted by molar-refractivity contribution is 0.481. The van der Waals surface area contributed by atoms with Crippen molar-refractivity contribution in [3.63, 3.8) is 0 Å². The van der Waals surface area contributed by atoms with E-state index in [1.807, 2.05) is 32.9 Å². The summed E-state index contributed by atoms with van der Waals surface area (Å²) in [6, 6.07) is 9.24. The Labute approximate surface area is 200 Å². The van der Waals surface area contributed by atoms with Gasteiger partial charge >= 0.3 is 0 Å². The fourth-order valence-corrected chi connectivity index (χ4v) is 3.69. The highest BCUT2D eigenvalue weighted by molar-refractivity contribution is 7.86. The van der Waals surface area contributed by atoms with Crippen LogP contribution in [0.15, 0.2) is 75.7 Å². The van der Waals surface area contributed by atoms with Crippen LogP contribution in [-0.4, -0.2) is 32.0 Å². The zero-order chi connectivity index (χ0) is 26.1. The topological polar surface area (TPSA) is 211 Å². The zero-order valence-electron chi connectivity index (χ0n) is 19.1. The van der Waals surface area contributed by atoms with Gasteiger partial charge < -0.3 is 28.1 Å². The molecule has 2 aromatic rings. The van der Waals surface area contributed by atoms with Crippen molar-refractivity contribution in [2.24, 2.45) is 11.5 Å². The number of rotatable bonds is 5. The van der Waals surface area contributed by atoms with E-state index in [-0.39, 0.29) is 16.6 Å². The van der Waals surface area contributed by atoms with Gasteiger partial charge in [0.05, 0.1) is 22.0 Å². The Morgan fingerprint density at radius 1 is 0.882 bits per heavy atom. The van der Waals surface area contributed by atoms with E-state index in [0.717, 1.165) is 18.2 Å². The normalized spacial score (nSPS) is 15.4. The van der Waals surface area contributed by atoms with Crippen LogP contribution in [0, 0.1) is 0 Å². The number of nitrogen functional groups attached to an aromatic ring is 1. The highest BCUT2D eigenvalue weighted by Gasteiger charge is 2.14. The number of allylic oxidation sites excluding steroid dienone is 1. The maximum absolute atomic E-state index is 11.2. The molecule has 13 heteroatoms. The molecule has 0 heterocycles. The van der Waals surface area contributed by atoms with Gasteiger partial charge in [-0.25, -0.2) is 0 Å². The first kappa shape index (κ1) is 28.9. The Morgan fingerprint density at radius 2 is 1.41 bits per heavy atom. The highest BCUT2D eigenvalue weighted by Crippen LogP contribution is 2.23. The van der Waals surface area contributed by atoms with Crippen LogP contribution in [-0.2, 0) is 20.2 Å². The number of nitrogens with two attached hydrogens (primary N) is 3. The first-order valence-electron chi connectivity index (χ1n) is 10.1. The van der Waals surface area contributed by atoms with E-state index >= 15 is 0 Å². The molecule has 34 heavy (non-hydrogen) atoms. The predicted molar refractivity (Wildman–Crippen MR) is 134 cm³/mol. The quantitative estimate of drug-likeness (QED) is 0.175. The standard InChI is InChI=1S/C12H13N3O6S2.C7H12N2.C2H6/c13-11-6-3-9(7-12(11)23(19,20)21)15-14-8-1-4-10(5-2-8)22(16,17)18;1-5-4-6(8)2-3-7(5)9;1-2/h1-7,14-15H,13H2,(H,16,17,18)(H,19,20,21);2,4,7H,3,8-9H2,1H3;1-2H3. The molecule has 0 radical (unpaired) electrons. The molecule has 1 atom stereocenters. The minimum atomic E-state index is -4.45. The van der Waals surface area contributed by atoms with E-state index in [1.54, 1.807) is 0 Å². The number of hydrazine groups is 1. The van der Waals surface area contributed by atoms with Crippen molar-refractivity contribution in [2.75, 3.05) is 16.6 Å². The summed E-state index contributed by atoms with van der Waals surface area (Å²) < 4.78 is 62.1. The van der Waals surface area contributed by atoms with E-state index < -0.39 is 25.1 Å². The predicted octanol–water partition coefficient (Wildman–Crippen LogP) is 2.73. The van der Waals surface area contributed by atoms with Crippen molar-refractivity contribution in [2.45, 2.75) is 43.0 Å². The molecule has 1 aliphatic carbocycles. The monoisotopic (exact) mass is 513 g/mol. The third kappa shape index (κ3) is 9.03. The average Bonchev–Trinajstić information content (AvgIpc) is 2.77. The largest absolute Gasteiger partial charge is 0.399 e. The molecular formula is C21H31N5O6S2. The Morgan fingerprint density at radius 3 is 1.88 bits per heavy atom. The smallest absolute Gasteiger partial charge is 0.296 e. The van der Waals surface area contributed by atoms with Crippen molar-refractivity contribution in [1.82, 2.24) is 0 Å². The van der Waals surface area contributed by atoms with Crippen LogP contribution >= 0.6 is 0 Å². The second-order valence-electron chi connectivity index (χ2n) is 6.91. The second-order valence-corrected chi connectivity index (χ2v) is 9.72. The number of nitrogens with one attached hydrogen (secondary N) is 2. The van der Waals surface area contributed by atoms with Gasteiger partial charge in [-0.2, -0.15) is 16.8 Å². The molecule has 0 aliphatic heterocycles. The molecule has 3 rings (SSSR count). The lowest BCUT2D eigenvalue weighted by Crippen LogP contribution is -2.23. The summed E-state index contributed by atoms with van der Waals surface area (Å²) in [5, 5.41) is 0. The van der Waals surface area contributed by atoms with Crippen molar-refractivity contribution in [3.05, 3.63) is 65.9 Å². The van der Waals surface area contributed by atoms with Gasteiger partial charge in [0.2, 0.25) is 0 Å². The third-order valence-corrected chi connectivity index (χ3v) is 6.16. The van der Waals surface area contributed by atoms with Crippen LogP contribution < -0.4 is 28.1 Å². The Hall–Kier alpha value is -3.10. The molecule has 0 amide bonds. The molecule has 1 unspecified atom stereocenters. The molecular weight excluding hydrogens is 482 g/mol. The summed E-state index contributed by atoms with van der Waals surface area (Å²) >= 11 is 0. The second kappa shape index (κ2) is 12.4. The summed E-state index contributed by atoms with van der Waals surface area (Å²) in [4.78, 5) is -0.699. The fourth-order valence-electron chi connectivity index (χ4n) is 2.57. The first-order valence-corrected chi connectivity index (χ1v) is 13.0. The maximum atomic E-state index is 11.2. The van der Waals surface area contributed by atoms with Gasteiger partial charge in [-0.15, -0.1) is 0 Å². The zero-order valence-corrected chi connectivity index (χ0v) is 20.7. The molecule has 0 spiro atoms. The summed E-state index contributed by atoms with van der Waals surface area (Å²) in [6.45, 7) is 6.00. The first-order chi connectivity index (χ1) is 15.8. The van der Waals surface area contributed by atoms with Gasteiger partial charge in [0.1, 0.15) is 4.90 Å². The fraction of sp³-hybridized carbons (Fsp3) is 0.238. The van der Waals surface area contributed by atoms with E-state index in [1.165, 1.54) is 42.0 Å². The minimum absolute atomic E-state index is 0.101. The number of hydrogen-bond acceptors (Lipinski definition) is 9. The summed E-state index contributed by atoms with van der Waals surface area (Å²) in [6.07, 6.45) is 4.76. The molecule has 10 N–H and O–H groups in total. The summed E-state index contributed by atoms with van der Waals surface area (Å²) in [5.41, 5.74) is 24.7. The highest BCUT2D eigenvalue weighted by atomic mass is 32.2. The number of hydrogen-bond donors (Lipinski definition) is 7. The van der Waals surface area contributed by atoms with Gasteiger partial charge in [0, 0.05) is 11.7 Å². The lowest BCUT2D eigenvalue weighted by atomic mass is 10.0. The SMILES string of the molecule is CC.CC1=CC(N)=CCC1N.Nc1ccc(NNc2ccc(S(=O)(=O)O)cc2)cc1S(=O)(=O)O. The van der Waals surface area contributed by atoms with Gasteiger partial charge in [-0.3, -0.25) is 9.11 Å². The minimum Gasteiger partial charge on any atom is -0.399 e. The molecule has 2 aromatic carbocycles. The van der Waals surface area contributed by atoms with Crippen LogP contribution in [0.2, 0.25) is 0 Å². The molecule has 0 saturated heterocycles. The van der Waals surface area contributed by atoms with Crippen LogP contribution in [0.1, 0.15) is 27.2 Å². The maximum Gasteiger partial charge on any atom is 0.296 e. The van der Waals surface area contributed by atoms with E-state index in [4.69, 9.17) is 26.3 Å². The van der Waals surface area contributed by atoms with Crippen molar-refractivity contribution >= 4 is 37.3 Å². The summed E-state index contributed by atoms with van der Waals surface area (Å²) in [7, 11) is -8.72. The van der Waals surface area contributed by atoms with Crippen LogP contribution in [0.4, 0.5) is 17.1 Å². The number of anilines is 3. The van der Waals surface area contributed by atoms with Crippen molar-refractivity contribution in [3.8, 4) is 0 Å². The van der Waals surface area contributed by atoms with E-state index in [9.17, 15) is 16.8 Å². The third-order valence-electron chi connectivity index (χ3n) is 4.38. The van der Waals surface area contributed by atoms with E-state index in [2.05, 4.69) is 10.9 Å². The summed E-state index contributed by atoms with van der Waals surface area (Å²) in [5.74, 6) is 0. The van der Waals surface area contributed by atoms with Crippen molar-refractivity contribution in [1.29, 1.82) is 0 Å². The lowest BCUT2D eigenvalue weighted by Gasteiger charge is -2.14. The van der Waals surface area contributed by atoms with Gasteiger partial charge in [-0.05, 0) is 61.9 Å². The molecule has 0 aromatic heterocycles. The Kier molecular flexibility index (Phi) is 10.5. The molecule has 11 nitrogen and oxygen atoms in total. The molecule has 1 aliphatic rings. The van der Waals surface area contributed by atoms with E-state index in [0.29, 0.717) is 11.4 Å². The van der Waals surface area contributed by atoms with Gasteiger partial charge in [0.15, 0.2) is 0 Å². The molecule has 188 valence electrons. The molecule has 0 bridgehead atoms. The van der Waals surface area contributed by atoms with Crippen LogP contribution in [0.5, 0.6) is 0 Å². The van der Waals surface area contributed by atoms with Crippen LogP contribution in [0.25, 0.3) is 0 Å². The number of benzene rings is 2. The Balaban J connectivity index is 0.000000437. The van der Waals surface area contributed by atoms with Crippen molar-refractivity contribution < 1.29 is 25.9 Å². The Bertz CT molecular complexity index is 1240. The average molecular weight is 514 g/mol. The molecule has 0 fully saturated rings. The van der Waals surface area contributed by atoms with Crippen LogP contribution in [0.3, 0.4) is 0 Å². The molecule has 0 saturated carbocycles.